The Morgan fingerprint density at radius 3 is 1.16 bits per heavy atom. The van der Waals surface area contributed by atoms with E-state index in [0.717, 1.165) is 0 Å². The molecule has 2 N–H and O–H groups in total. The number of hydrogen-bond donors (Lipinski definition) is 2. The standard InChI is InChI=1S/C26H18F4O2/c27-23-21(17-13-9-5-1-3-7-11-15-19-31)24(28)26(30)22(25(23)29)18-14-10-6-2-4-8-12-16-20-32/h31-32H,7-8,11-12,15-16,19-20H2. The van der Waals surface area contributed by atoms with Crippen molar-refractivity contribution in [3.05, 3.63) is 34.4 Å². The molecule has 0 aromatic heterocycles. The van der Waals surface area contributed by atoms with Crippen LogP contribution in [0.15, 0.2) is 0 Å². The molecule has 0 fully saturated rings. The van der Waals surface area contributed by atoms with Crippen LogP contribution in [-0.4, -0.2) is 23.4 Å². The molecule has 0 aliphatic heterocycles. The first-order chi connectivity index (χ1) is 15.5. The van der Waals surface area contributed by atoms with Crippen molar-refractivity contribution in [1.82, 2.24) is 0 Å². The molecule has 1 aromatic carbocycles. The van der Waals surface area contributed by atoms with Crippen LogP contribution in [0.1, 0.15) is 49.7 Å². The fourth-order valence-electron chi connectivity index (χ4n) is 2.03. The first-order valence-corrected chi connectivity index (χ1v) is 9.60. The lowest BCUT2D eigenvalue weighted by molar-refractivity contribution is 0.285. The first-order valence-electron chi connectivity index (χ1n) is 9.60. The Kier molecular flexibility index (Phi) is 13.1. The molecule has 0 saturated carbocycles. The van der Waals surface area contributed by atoms with E-state index in [1.807, 2.05) is 11.8 Å². The van der Waals surface area contributed by atoms with E-state index < -0.39 is 34.4 Å². The number of rotatable bonds is 6. The Morgan fingerprint density at radius 2 is 0.812 bits per heavy atom. The highest BCUT2D eigenvalue weighted by molar-refractivity contribution is 5.50. The number of aliphatic hydroxyl groups excluding tert-OH is 2. The van der Waals surface area contributed by atoms with Crippen LogP contribution in [0, 0.1) is 94.3 Å². The summed E-state index contributed by atoms with van der Waals surface area (Å²) in [6.45, 7) is 0.143. The molecule has 0 saturated heterocycles. The molecule has 0 amide bonds. The molecule has 0 spiro atoms. The molecular weight excluding hydrogens is 420 g/mol. The average Bonchev–Trinajstić information content (AvgIpc) is 2.79. The van der Waals surface area contributed by atoms with Gasteiger partial charge in [0.15, 0.2) is 23.3 Å². The third kappa shape index (κ3) is 9.36. The Hall–Kier alpha value is -3.78. The van der Waals surface area contributed by atoms with Gasteiger partial charge in [0.2, 0.25) is 0 Å². The minimum Gasteiger partial charge on any atom is -0.396 e. The molecule has 0 heterocycles. The molecule has 0 aliphatic carbocycles. The molecule has 162 valence electrons. The summed E-state index contributed by atoms with van der Waals surface area (Å²) in [5.41, 5.74) is -2.20. The van der Waals surface area contributed by atoms with Crippen LogP contribution in [0.3, 0.4) is 0 Å². The monoisotopic (exact) mass is 438 g/mol. The summed E-state index contributed by atoms with van der Waals surface area (Å²) in [5, 5.41) is 17.2. The minimum absolute atomic E-state index is 0.0717. The molecule has 2 nitrogen and oxygen atoms in total. The van der Waals surface area contributed by atoms with Crippen LogP contribution in [0.4, 0.5) is 17.6 Å². The van der Waals surface area contributed by atoms with Crippen LogP contribution in [-0.2, 0) is 0 Å². The zero-order chi connectivity index (χ0) is 23.6. The number of halogens is 4. The normalized spacial score (nSPS) is 8.44. The molecule has 0 radical (unpaired) electrons. The lowest BCUT2D eigenvalue weighted by Crippen LogP contribution is -2.04. The van der Waals surface area contributed by atoms with Gasteiger partial charge in [0.05, 0.1) is 0 Å². The van der Waals surface area contributed by atoms with Gasteiger partial charge in [-0.05, 0) is 84.9 Å². The Labute approximate surface area is 185 Å². The third-order valence-electron chi connectivity index (χ3n) is 3.61. The predicted molar refractivity (Wildman–Crippen MR) is 113 cm³/mol. The van der Waals surface area contributed by atoms with Crippen LogP contribution < -0.4 is 0 Å². The van der Waals surface area contributed by atoms with Crippen LogP contribution >= 0.6 is 0 Å². The number of aliphatic hydroxyl groups is 2. The first kappa shape index (κ1) is 26.3. The van der Waals surface area contributed by atoms with Crippen LogP contribution in [0.25, 0.3) is 0 Å². The van der Waals surface area contributed by atoms with Crippen molar-refractivity contribution in [2.45, 2.75) is 38.5 Å². The summed E-state index contributed by atoms with van der Waals surface area (Å²) in [6.07, 6.45) is 3.67. The second kappa shape index (κ2) is 16.0. The van der Waals surface area contributed by atoms with E-state index in [9.17, 15) is 17.6 Å². The number of benzene rings is 1. The Morgan fingerprint density at radius 1 is 0.469 bits per heavy atom. The fourth-order valence-corrected chi connectivity index (χ4v) is 2.03. The van der Waals surface area contributed by atoms with Gasteiger partial charge in [0, 0.05) is 26.1 Å². The smallest absolute Gasteiger partial charge is 0.178 e. The SMILES string of the molecule is OCCCCC#CC#CC#Cc1c(F)c(F)c(C#CC#CC#CCCCCO)c(F)c1F. The minimum atomic E-state index is -1.69. The fraction of sp³-hybridized carbons (Fsp3) is 0.308. The molecule has 6 heteroatoms. The maximum Gasteiger partial charge on any atom is 0.178 e. The van der Waals surface area contributed by atoms with Crippen molar-refractivity contribution in [1.29, 1.82) is 0 Å². The lowest BCUT2D eigenvalue weighted by atomic mass is 10.1. The summed E-state index contributed by atoms with van der Waals surface area (Å²) >= 11 is 0. The molecule has 0 atom stereocenters. The zero-order valence-corrected chi connectivity index (χ0v) is 17.1. The van der Waals surface area contributed by atoms with Gasteiger partial charge < -0.3 is 10.2 Å². The van der Waals surface area contributed by atoms with E-state index in [0.29, 0.717) is 38.5 Å². The molecule has 0 aliphatic rings. The number of hydrogen-bond acceptors (Lipinski definition) is 2. The maximum atomic E-state index is 14.1. The van der Waals surface area contributed by atoms with Crippen molar-refractivity contribution >= 4 is 0 Å². The summed E-state index contributed by atoms with van der Waals surface area (Å²) in [5.74, 6) is 20.7. The van der Waals surface area contributed by atoms with Gasteiger partial charge in [-0.1, -0.05) is 11.8 Å². The highest BCUT2D eigenvalue weighted by atomic mass is 19.2. The van der Waals surface area contributed by atoms with Gasteiger partial charge in [-0.25, -0.2) is 17.6 Å². The van der Waals surface area contributed by atoms with E-state index in [-0.39, 0.29) is 13.2 Å². The highest BCUT2D eigenvalue weighted by Crippen LogP contribution is 2.22. The summed E-state index contributed by atoms with van der Waals surface area (Å²) in [7, 11) is 0. The van der Waals surface area contributed by atoms with Gasteiger partial charge in [-0.2, -0.15) is 0 Å². The topological polar surface area (TPSA) is 40.5 Å². The van der Waals surface area contributed by atoms with Crippen molar-refractivity contribution < 1.29 is 27.8 Å². The van der Waals surface area contributed by atoms with E-state index in [1.165, 1.54) is 0 Å². The van der Waals surface area contributed by atoms with Gasteiger partial charge >= 0.3 is 0 Å². The quantitative estimate of drug-likeness (QED) is 0.310. The maximum absolute atomic E-state index is 14.1. The van der Waals surface area contributed by atoms with Gasteiger partial charge in [0.1, 0.15) is 11.1 Å². The summed E-state index contributed by atoms with van der Waals surface area (Å²) < 4.78 is 56.4. The Balaban J connectivity index is 2.96. The van der Waals surface area contributed by atoms with E-state index in [1.54, 1.807) is 0 Å². The predicted octanol–water partition coefficient (Wildman–Crippen LogP) is 3.28. The summed E-state index contributed by atoms with van der Waals surface area (Å²) in [4.78, 5) is 0. The van der Waals surface area contributed by atoms with E-state index in [2.05, 4.69) is 59.2 Å². The van der Waals surface area contributed by atoms with E-state index >= 15 is 0 Å². The van der Waals surface area contributed by atoms with Gasteiger partial charge in [-0.15, -0.1) is 0 Å². The lowest BCUT2D eigenvalue weighted by Gasteiger charge is -2.03. The largest absolute Gasteiger partial charge is 0.396 e. The highest BCUT2D eigenvalue weighted by Gasteiger charge is 2.23. The van der Waals surface area contributed by atoms with Crippen molar-refractivity contribution in [2.75, 3.05) is 13.2 Å². The summed E-state index contributed by atoms with van der Waals surface area (Å²) in [6, 6.07) is 0. The molecule has 1 aromatic rings. The van der Waals surface area contributed by atoms with Crippen molar-refractivity contribution in [3.63, 3.8) is 0 Å². The van der Waals surface area contributed by atoms with E-state index in [4.69, 9.17) is 10.2 Å². The van der Waals surface area contributed by atoms with Crippen molar-refractivity contribution in [2.24, 2.45) is 0 Å². The molecular formula is C26H18F4O2. The van der Waals surface area contributed by atoms with Crippen molar-refractivity contribution in [3.8, 4) is 71.0 Å². The molecule has 0 bridgehead atoms. The number of unbranched alkanes of at least 4 members (excludes halogenated alkanes) is 4. The third-order valence-corrected chi connectivity index (χ3v) is 3.61. The zero-order valence-electron chi connectivity index (χ0n) is 17.1. The second-order valence-corrected chi connectivity index (χ2v) is 5.97. The van der Waals surface area contributed by atoms with Crippen LogP contribution in [0.2, 0.25) is 0 Å². The molecule has 32 heavy (non-hydrogen) atoms. The van der Waals surface area contributed by atoms with Gasteiger partial charge in [-0.3, -0.25) is 0 Å². The molecule has 0 unspecified atom stereocenters. The van der Waals surface area contributed by atoms with Gasteiger partial charge in [0.25, 0.3) is 0 Å². The Bertz CT molecular complexity index is 1060. The second-order valence-electron chi connectivity index (χ2n) is 5.97. The average molecular weight is 438 g/mol. The van der Waals surface area contributed by atoms with Crippen LogP contribution in [0.5, 0.6) is 0 Å². The molecule has 1 rings (SSSR count).